The lowest BCUT2D eigenvalue weighted by Gasteiger charge is -2.08. The van der Waals surface area contributed by atoms with Gasteiger partial charge >= 0.3 is 0 Å². The zero-order valence-corrected chi connectivity index (χ0v) is 10.7. The van der Waals surface area contributed by atoms with Gasteiger partial charge in [-0.05, 0) is 12.1 Å². The van der Waals surface area contributed by atoms with Crippen molar-refractivity contribution in [3.8, 4) is 0 Å². The molecule has 1 aromatic heterocycles. The number of hydrogen-bond donors (Lipinski definition) is 1. The van der Waals surface area contributed by atoms with E-state index in [0.717, 1.165) is 30.6 Å². The molecule has 0 fully saturated rings. The van der Waals surface area contributed by atoms with Crippen LogP contribution in [0.2, 0.25) is 5.15 Å². The quantitative estimate of drug-likeness (QED) is 0.943. The molecule has 0 radical (unpaired) electrons. The van der Waals surface area contributed by atoms with E-state index in [1.54, 1.807) is 0 Å². The Morgan fingerprint density at radius 2 is 1.74 bits per heavy atom. The molecule has 2 rings (SSSR count). The summed E-state index contributed by atoms with van der Waals surface area (Å²) in [5, 5.41) is 0.0556. The number of hydrogen-bond acceptors (Lipinski definition) is 4. The molecule has 0 spiro atoms. The van der Waals surface area contributed by atoms with Crippen LogP contribution in [-0.2, 0) is 10.0 Å². The van der Waals surface area contributed by atoms with E-state index in [1.165, 1.54) is 0 Å². The largest absolute Gasteiger partial charge is 0.268 e. The van der Waals surface area contributed by atoms with Gasteiger partial charge in [-0.2, -0.15) is 0 Å². The van der Waals surface area contributed by atoms with Gasteiger partial charge in [-0.25, -0.2) is 27.2 Å². The lowest BCUT2D eigenvalue weighted by Crippen LogP contribution is -2.17. The number of benzene rings is 1. The first-order valence-corrected chi connectivity index (χ1v) is 6.70. The van der Waals surface area contributed by atoms with E-state index < -0.39 is 26.6 Å². The smallest absolute Gasteiger partial charge is 0.262 e. The summed E-state index contributed by atoms with van der Waals surface area (Å²) in [6.07, 6.45) is 2.12. The maximum Gasteiger partial charge on any atom is 0.268 e. The molecule has 2 aromatic rings. The summed E-state index contributed by atoms with van der Waals surface area (Å²) in [5.41, 5.74) is 0. The Morgan fingerprint density at radius 3 is 2.26 bits per heavy atom. The van der Waals surface area contributed by atoms with Crippen molar-refractivity contribution < 1.29 is 17.2 Å². The summed E-state index contributed by atoms with van der Waals surface area (Å²) in [7, 11) is -4.43. The number of anilines is 1. The van der Waals surface area contributed by atoms with Gasteiger partial charge in [0.05, 0.1) is 12.4 Å². The lowest BCUT2D eigenvalue weighted by atomic mass is 10.3. The molecule has 0 bridgehead atoms. The Bertz CT molecular complexity index is 687. The van der Waals surface area contributed by atoms with E-state index in [1.807, 2.05) is 4.72 Å². The second kappa shape index (κ2) is 5.06. The highest BCUT2D eigenvalue weighted by molar-refractivity contribution is 7.92. The van der Waals surface area contributed by atoms with Crippen LogP contribution in [0.1, 0.15) is 0 Å². The number of halogens is 3. The van der Waals surface area contributed by atoms with Gasteiger partial charge in [0, 0.05) is 0 Å². The van der Waals surface area contributed by atoms with E-state index in [4.69, 9.17) is 11.6 Å². The molecular weight excluding hydrogens is 300 g/mol. The van der Waals surface area contributed by atoms with Gasteiger partial charge in [-0.3, -0.25) is 4.72 Å². The summed E-state index contributed by atoms with van der Waals surface area (Å²) >= 11 is 5.48. The number of nitrogens with one attached hydrogen (secondary N) is 1. The van der Waals surface area contributed by atoms with Crippen molar-refractivity contribution in [3.63, 3.8) is 0 Å². The first-order valence-electron chi connectivity index (χ1n) is 4.84. The topological polar surface area (TPSA) is 72.0 Å². The highest BCUT2D eigenvalue weighted by Crippen LogP contribution is 2.20. The molecule has 19 heavy (non-hydrogen) atoms. The maximum atomic E-state index is 13.4. The SMILES string of the molecule is O=S(=O)(Nc1cnc(Cl)cn1)c1c(F)cccc1F. The van der Waals surface area contributed by atoms with Gasteiger partial charge in [0.1, 0.15) is 16.8 Å². The van der Waals surface area contributed by atoms with Crippen molar-refractivity contribution in [3.05, 3.63) is 47.4 Å². The zero-order valence-electron chi connectivity index (χ0n) is 9.14. The highest BCUT2D eigenvalue weighted by atomic mass is 35.5. The number of aromatic nitrogens is 2. The average molecular weight is 306 g/mol. The minimum Gasteiger partial charge on any atom is -0.262 e. The molecule has 0 aliphatic heterocycles. The molecule has 0 atom stereocenters. The van der Waals surface area contributed by atoms with Crippen LogP contribution in [0.25, 0.3) is 0 Å². The monoisotopic (exact) mass is 305 g/mol. The number of sulfonamides is 1. The molecule has 0 saturated carbocycles. The summed E-state index contributed by atoms with van der Waals surface area (Å²) in [5.74, 6) is -2.60. The van der Waals surface area contributed by atoms with E-state index in [-0.39, 0.29) is 11.0 Å². The summed E-state index contributed by atoms with van der Waals surface area (Å²) in [4.78, 5) is 6.13. The Hall–Kier alpha value is -1.80. The fourth-order valence-electron chi connectivity index (χ4n) is 1.29. The fourth-order valence-corrected chi connectivity index (χ4v) is 2.52. The Balaban J connectivity index is 2.41. The molecule has 1 heterocycles. The van der Waals surface area contributed by atoms with E-state index in [9.17, 15) is 17.2 Å². The van der Waals surface area contributed by atoms with Crippen molar-refractivity contribution >= 4 is 27.4 Å². The minimum absolute atomic E-state index is 0.0556. The average Bonchev–Trinajstić information content (AvgIpc) is 2.31. The fraction of sp³-hybridized carbons (Fsp3) is 0. The predicted molar refractivity (Wildman–Crippen MR) is 64.2 cm³/mol. The second-order valence-corrected chi connectivity index (χ2v) is 5.39. The van der Waals surface area contributed by atoms with Gasteiger partial charge in [0.2, 0.25) is 0 Å². The first kappa shape index (κ1) is 13.6. The normalized spacial score (nSPS) is 11.3. The van der Waals surface area contributed by atoms with Crippen molar-refractivity contribution in [1.29, 1.82) is 0 Å². The van der Waals surface area contributed by atoms with Crippen molar-refractivity contribution in [2.24, 2.45) is 0 Å². The summed E-state index contributed by atoms with van der Waals surface area (Å²) in [6, 6.07) is 2.74. The lowest BCUT2D eigenvalue weighted by molar-refractivity contribution is 0.521. The van der Waals surface area contributed by atoms with E-state index in [0.29, 0.717) is 0 Å². The molecule has 100 valence electrons. The molecule has 0 amide bonds. The van der Waals surface area contributed by atoms with Crippen LogP contribution in [0.4, 0.5) is 14.6 Å². The second-order valence-electron chi connectivity index (χ2n) is 3.38. The summed E-state index contributed by atoms with van der Waals surface area (Å²) < 4.78 is 52.4. The van der Waals surface area contributed by atoms with Crippen LogP contribution >= 0.6 is 11.6 Å². The molecule has 1 N–H and O–H groups in total. The van der Waals surface area contributed by atoms with Crippen LogP contribution < -0.4 is 4.72 Å². The van der Waals surface area contributed by atoms with Gasteiger partial charge in [0.25, 0.3) is 10.0 Å². The molecule has 9 heteroatoms. The Kier molecular flexibility index (Phi) is 3.63. The standard InChI is InChI=1S/C10H6ClF2N3O2S/c11-8-4-15-9(5-14-8)16-19(17,18)10-6(12)2-1-3-7(10)13/h1-5H,(H,15,16). The Morgan fingerprint density at radius 1 is 1.11 bits per heavy atom. The van der Waals surface area contributed by atoms with Crippen LogP contribution in [0, 0.1) is 11.6 Å². The molecular formula is C10H6ClF2N3O2S. The molecule has 1 aromatic carbocycles. The first-order chi connectivity index (χ1) is 8.90. The molecule has 0 saturated heterocycles. The third kappa shape index (κ3) is 2.96. The van der Waals surface area contributed by atoms with Gasteiger partial charge in [-0.15, -0.1) is 0 Å². The molecule has 0 unspecified atom stereocenters. The van der Waals surface area contributed by atoms with Crippen molar-refractivity contribution in [2.45, 2.75) is 4.90 Å². The summed E-state index contributed by atoms with van der Waals surface area (Å²) in [6.45, 7) is 0. The molecule has 0 aliphatic rings. The van der Waals surface area contributed by atoms with Crippen LogP contribution in [-0.4, -0.2) is 18.4 Å². The highest BCUT2D eigenvalue weighted by Gasteiger charge is 2.24. The zero-order chi connectivity index (χ0) is 14.0. The molecule has 5 nitrogen and oxygen atoms in total. The van der Waals surface area contributed by atoms with Crippen molar-refractivity contribution in [2.75, 3.05) is 4.72 Å². The van der Waals surface area contributed by atoms with E-state index in [2.05, 4.69) is 9.97 Å². The number of rotatable bonds is 3. The Labute approximate surface area is 112 Å². The third-order valence-corrected chi connectivity index (χ3v) is 3.65. The minimum atomic E-state index is -4.43. The maximum absolute atomic E-state index is 13.4. The van der Waals surface area contributed by atoms with Crippen LogP contribution in [0.3, 0.4) is 0 Å². The molecule has 0 aliphatic carbocycles. The number of nitrogens with zero attached hydrogens (tertiary/aromatic N) is 2. The predicted octanol–water partition coefficient (Wildman–Crippen LogP) is 2.21. The van der Waals surface area contributed by atoms with E-state index >= 15 is 0 Å². The van der Waals surface area contributed by atoms with Crippen LogP contribution in [0.15, 0.2) is 35.5 Å². The third-order valence-electron chi connectivity index (χ3n) is 2.05. The van der Waals surface area contributed by atoms with Gasteiger partial charge in [-0.1, -0.05) is 17.7 Å². The van der Waals surface area contributed by atoms with Gasteiger partial charge < -0.3 is 0 Å². The van der Waals surface area contributed by atoms with Crippen LogP contribution in [0.5, 0.6) is 0 Å². The van der Waals surface area contributed by atoms with Gasteiger partial charge in [0.15, 0.2) is 10.7 Å². The van der Waals surface area contributed by atoms with Crippen molar-refractivity contribution in [1.82, 2.24) is 9.97 Å².